The van der Waals surface area contributed by atoms with Crippen molar-refractivity contribution in [2.24, 2.45) is 0 Å². The van der Waals surface area contributed by atoms with Crippen LogP contribution in [0.4, 0.5) is 11.4 Å². The van der Waals surface area contributed by atoms with E-state index < -0.39 is 10.9 Å². The smallest absolute Gasteiger partial charge is 0.343 e. The van der Waals surface area contributed by atoms with Gasteiger partial charge in [0, 0.05) is 16.6 Å². The van der Waals surface area contributed by atoms with Gasteiger partial charge in [0.25, 0.3) is 11.6 Å². The number of benzene rings is 2. The lowest BCUT2D eigenvalue weighted by molar-refractivity contribution is -0.384. The summed E-state index contributed by atoms with van der Waals surface area (Å²) < 4.78 is 16.2. The SMILES string of the molecule is COC(=O)COc1cc(Br)c(/C=C2\SC(=S)N(c3ccc([N+](=O)[O-])cc3)C2=O)cc1OC. The predicted octanol–water partition coefficient (Wildman–Crippen LogP) is 4.32. The minimum absolute atomic E-state index is 0.0831. The molecule has 32 heavy (non-hydrogen) atoms. The molecule has 2 aromatic rings. The maximum Gasteiger partial charge on any atom is 0.343 e. The topological polar surface area (TPSA) is 108 Å². The van der Waals surface area contributed by atoms with Gasteiger partial charge in [-0.05, 0) is 35.9 Å². The van der Waals surface area contributed by atoms with Crippen molar-refractivity contribution in [1.29, 1.82) is 0 Å². The number of ether oxygens (including phenoxy) is 3. The van der Waals surface area contributed by atoms with Crippen LogP contribution in [0.15, 0.2) is 45.8 Å². The Morgan fingerprint density at radius 2 is 1.94 bits per heavy atom. The van der Waals surface area contributed by atoms with Gasteiger partial charge in [0.05, 0.1) is 29.7 Å². The van der Waals surface area contributed by atoms with E-state index in [-0.39, 0.29) is 18.2 Å². The summed E-state index contributed by atoms with van der Waals surface area (Å²) in [7, 11) is 2.71. The molecule has 0 bridgehead atoms. The van der Waals surface area contributed by atoms with Gasteiger partial charge >= 0.3 is 5.97 Å². The highest BCUT2D eigenvalue weighted by atomic mass is 79.9. The summed E-state index contributed by atoms with van der Waals surface area (Å²) in [4.78, 5) is 36.3. The first kappa shape index (κ1) is 23.7. The molecular weight excluding hydrogens is 524 g/mol. The molecule has 9 nitrogen and oxygen atoms in total. The van der Waals surface area contributed by atoms with Crippen molar-refractivity contribution in [2.75, 3.05) is 25.7 Å². The Kier molecular flexibility index (Phi) is 7.48. The average Bonchev–Trinajstić information content (AvgIpc) is 3.06. The number of methoxy groups -OCH3 is 2. The molecule has 1 aliphatic rings. The molecule has 2 aromatic carbocycles. The fourth-order valence-corrected chi connectivity index (χ4v) is 4.41. The van der Waals surface area contributed by atoms with E-state index >= 15 is 0 Å². The van der Waals surface area contributed by atoms with E-state index in [1.807, 2.05) is 0 Å². The molecule has 0 atom stereocenters. The van der Waals surface area contributed by atoms with Crippen LogP contribution >= 0.6 is 39.9 Å². The number of nitrogens with zero attached hydrogens (tertiary/aromatic N) is 2. The van der Waals surface area contributed by atoms with Crippen molar-refractivity contribution in [2.45, 2.75) is 0 Å². The molecule has 0 saturated carbocycles. The van der Waals surface area contributed by atoms with Crippen molar-refractivity contribution >= 4 is 73.6 Å². The first-order valence-corrected chi connectivity index (χ1v) is 10.9. The first-order valence-electron chi connectivity index (χ1n) is 8.84. The molecule has 0 aromatic heterocycles. The Labute approximate surface area is 200 Å². The molecule has 1 amide bonds. The monoisotopic (exact) mass is 538 g/mol. The van der Waals surface area contributed by atoms with Gasteiger partial charge in [-0.2, -0.15) is 0 Å². The van der Waals surface area contributed by atoms with E-state index in [9.17, 15) is 19.7 Å². The number of thioether (sulfide) groups is 1. The second-order valence-corrected chi connectivity index (χ2v) is 8.71. The summed E-state index contributed by atoms with van der Waals surface area (Å²) in [5.74, 6) is -0.220. The van der Waals surface area contributed by atoms with E-state index in [0.717, 1.165) is 11.8 Å². The van der Waals surface area contributed by atoms with E-state index in [0.29, 0.717) is 36.4 Å². The van der Waals surface area contributed by atoms with Crippen molar-refractivity contribution in [3.63, 3.8) is 0 Å². The Balaban J connectivity index is 1.88. The summed E-state index contributed by atoms with van der Waals surface area (Å²) >= 11 is 9.88. The van der Waals surface area contributed by atoms with E-state index in [1.54, 1.807) is 18.2 Å². The second kappa shape index (κ2) is 10.1. The first-order chi connectivity index (χ1) is 15.2. The van der Waals surface area contributed by atoms with Crippen LogP contribution in [0.3, 0.4) is 0 Å². The summed E-state index contributed by atoms with van der Waals surface area (Å²) in [5, 5.41) is 10.9. The molecule has 0 unspecified atom stereocenters. The third-order valence-electron chi connectivity index (χ3n) is 4.26. The number of nitro groups is 1. The van der Waals surface area contributed by atoms with Gasteiger partial charge in [-0.25, -0.2) is 4.79 Å². The lowest BCUT2D eigenvalue weighted by Gasteiger charge is -2.14. The highest BCUT2D eigenvalue weighted by molar-refractivity contribution is 9.10. The Hall–Kier alpha value is -2.96. The normalized spacial score (nSPS) is 14.6. The average molecular weight is 539 g/mol. The van der Waals surface area contributed by atoms with Crippen LogP contribution in [0.25, 0.3) is 6.08 Å². The van der Waals surface area contributed by atoms with Crippen LogP contribution < -0.4 is 14.4 Å². The zero-order valence-corrected chi connectivity index (χ0v) is 19.9. The second-order valence-electron chi connectivity index (χ2n) is 6.18. The Morgan fingerprint density at radius 1 is 1.25 bits per heavy atom. The number of carbonyl (C=O) groups is 2. The van der Waals surface area contributed by atoms with Crippen LogP contribution in [0, 0.1) is 10.1 Å². The fourth-order valence-electron chi connectivity index (χ4n) is 2.68. The summed E-state index contributed by atoms with van der Waals surface area (Å²) in [6, 6.07) is 8.83. The molecule has 166 valence electrons. The van der Waals surface area contributed by atoms with Gasteiger partial charge in [-0.3, -0.25) is 19.8 Å². The highest BCUT2D eigenvalue weighted by Gasteiger charge is 2.33. The molecule has 0 spiro atoms. The van der Waals surface area contributed by atoms with E-state index in [2.05, 4.69) is 20.7 Å². The lowest BCUT2D eigenvalue weighted by atomic mass is 10.1. The van der Waals surface area contributed by atoms with Crippen LogP contribution in [-0.4, -0.2) is 41.9 Å². The number of rotatable bonds is 7. The summed E-state index contributed by atoms with van der Waals surface area (Å²) in [6.07, 6.45) is 1.64. The number of carbonyl (C=O) groups excluding carboxylic acids is 2. The fraction of sp³-hybridized carbons (Fsp3) is 0.150. The van der Waals surface area contributed by atoms with Crippen molar-refractivity contribution < 1.29 is 28.7 Å². The van der Waals surface area contributed by atoms with Gasteiger partial charge in [0.2, 0.25) is 0 Å². The number of anilines is 1. The van der Waals surface area contributed by atoms with Gasteiger partial charge in [-0.15, -0.1) is 0 Å². The molecule has 12 heteroatoms. The van der Waals surface area contributed by atoms with Crippen molar-refractivity contribution in [1.82, 2.24) is 0 Å². The van der Waals surface area contributed by atoms with Gasteiger partial charge < -0.3 is 14.2 Å². The van der Waals surface area contributed by atoms with Crippen molar-refractivity contribution in [3.05, 3.63) is 61.5 Å². The number of thiocarbonyl (C=S) groups is 1. The summed E-state index contributed by atoms with van der Waals surface area (Å²) in [5.41, 5.74) is 0.974. The lowest BCUT2D eigenvalue weighted by Crippen LogP contribution is -2.27. The zero-order valence-electron chi connectivity index (χ0n) is 16.7. The molecule has 1 saturated heterocycles. The molecule has 1 fully saturated rings. The number of hydrogen-bond donors (Lipinski definition) is 0. The standard InChI is InChI=1S/C20H15BrN2O7S2/c1-28-15-7-11(14(21)9-16(15)30-10-18(24)29-2)8-17-19(25)22(20(31)32-17)12-3-5-13(6-4-12)23(26)27/h3-9H,10H2,1-2H3/b17-8-. The van der Waals surface area contributed by atoms with Crippen LogP contribution in [0.1, 0.15) is 5.56 Å². The van der Waals surface area contributed by atoms with Crippen molar-refractivity contribution in [3.8, 4) is 11.5 Å². The number of esters is 1. The maximum atomic E-state index is 13.0. The molecular formula is C20H15BrN2O7S2. The molecule has 1 aliphatic heterocycles. The number of amides is 1. The number of nitro benzene ring substituents is 1. The number of non-ortho nitro benzene ring substituents is 1. The van der Waals surface area contributed by atoms with E-state index in [4.69, 9.17) is 21.7 Å². The van der Waals surface area contributed by atoms with Gasteiger partial charge in [0.15, 0.2) is 22.4 Å². The molecule has 1 heterocycles. The maximum absolute atomic E-state index is 13.0. The Morgan fingerprint density at radius 3 is 2.53 bits per heavy atom. The van der Waals surface area contributed by atoms with Gasteiger partial charge in [0.1, 0.15) is 0 Å². The molecule has 0 radical (unpaired) electrons. The molecule has 0 N–H and O–H groups in total. The van der Waals surface area contributed by atoms with E-state index in [1.165, 1.54) is 43.4 Å². The third kappa shape index (κ3) is 5.09. The quantitative estimate of drug-likeness (QED) is 0.167. The van der Waals surface area contributed by atoms with Crippen LogP contribution in [-0.2, 0) is 14.3 Å². The molecule has 3 rings (SSSR count). The summed E-state index contributed by atoms with van der Waals surface area (Å²) in [6.45, 7) is -0.285. The predicted molar refractivity (Wildman–Crippen MR) is 127 cm³/mol. The Bertz CT molecular complexity index is 1140. The number of hydrogen-bond acceptors (Lipinski definition) is 9. The highest BCUT2D eigenvalue weighted by Crippen LogP contribution is 2.39. The van der Waals surface area contributed by atoms with Gasteiger partial charge in [-0.1, -0.05) is 39.9 Å². The largest absolute Gasteiger partial charge is 0.493 e. The zero-order chi connectivity index (χ0) is 23.4. The minimum Gasteiger partial charge on any atom is -0.493 e. The number of halogens is 1. The molecule has 0 aliphatic carbocycles. The minimum atomic E-state index is -0.540. The third-order valence-corrected chi connectivity index (χ3v) is 6.24. The van der Waals surface area contributed by atoms with Crippen LogP contribution in [0.5, 0.6) is 11.5 Å². The van der Waals surface area contributed by atoms with Crippen LogP contribution in [0.2, 0.25) is 0 Å².